The highest BCUT2D eigenvalue weighted by Gasteiger charge is 2.36. The fourth-order valence-electron chi connectivity index (χ4n) is 2.86. The van der Waals surface area contributed by atoms with Crippen LogP contribution in [0.15, 0.2) is 18.2 Å². The fraction of sp³-hybridized carbons (Fsp3) is 0.462. The first-order valence-electron chi connectivity index (χ1n) is 6.07. The number of fused-ring (bicyclic) bond motifs is 1. The van der Waals surface area contributed by atoms with Gasteiger partial charge in [-0.05, 0) is 36.6 Å². The van der Waals surface area contributed by atoms with Crippen LogP contribution in [0.25, 0.3) is 0 Å². The molecule has 1 aromatic rings. The minimum Gasteiger partial charge on any atom is -0.399 e. The number of anilines is 2. The molecule has 2 aliphatic rings. The predicted octanol–water partition coefficient (Wildman–Crippen LogP) is 0.862. The number of carbonyl (C=O) groups is 1. The lowest BCUT2D eigenvalue weighted by Crippen LogP contribution is -2.40. The fourth-order valence-corrected chi connectivity index (χ4v) is 2.86. The van der Waals surface area contributed by atoms with Gasteiger partial charge in [0.2, 0.25) is 5.91 Å². The summed E-state index contributed by atoms with van der Waals surface area (Å²) in [6.07, 6.45) is 1.92. The van der Waals surface area contributed by atoms with E-state index in [1.54, 1.807) is 0 Å². The summed E-state index contributed by atoms with van der Waals surface area (Å²) >= 11 is 0. The standard InChI is InChI=1S/C13H17N3O/c1-15-6-5-12(13(15)17)16-7-4-9-8-10(14)2-3-11(9)16/h2-3,8,12H,4-7,14H2,1H3. The highest BCUT2D eigenvalue weighted by atomic mass is 16.2. The molecule has 0 spiro atoms. The van der Waals surface area contributed by atoms with Crippen molar-refractivity contribution >= 4 is 17.3 Å². The van der Waals surface area contributed by atoms with E-state index in [4.69, 9.17) is 5.73 Å². The summed E-state index contributed by atoms with van der Waals surface area (Å²) in [5.74, 6) is 0.245. The van der Waals surface area contributed by atoms with E-state index < -0.39 is 0 Å². The van der Waals surface area contributed by atoms with Crippen LogP contribution in [0.2, 0.25) is 0 Å². The first kappa shape index (κ1) is 10.4. The molecule has 1 fully saturated rings. The molecule has 0 saturated carbocycles. The smallest absolute Gasteiger partial charge is 0.245 e. The van der Waals surface area contributed by atoms with Crippen LogP contribution in [0.5, 0.6) is 0 Å². The molecule has 0 radical (unpaired) electrons. The van der Waals surface area contributed by atoms with Crippen molar-refractivity contribution in [2.45, 2.75) is 18.9 Å². The van der Waals surface area contributed by atoms with E-state index in [1.807, 2.05) is 30.1 Å². The van der Waals surface area contributed by atoms with E-state index in [2.05, 4.69) is 4.90 Å². The number of amides is 1. The van der Waals surface area contributed by atoms with Crippen molar-refractivity contribution in [3.63, 3.8) is 0 Å². The number of hydrogen-bond acceptors (Lipinski definition) is 3. The Kier molecular flexibility index (Phi) is 2.24. The van der Waals surface area contributed by atoms with E-state index in [0.29, 0.717) is 0 Å². The summed E-state index contributed by atoms with van der Waals surface area (Å²) < 4.78 is 0. The van der Waals surface area contributed by atoms with Gasteiger partial charge < -0.3 is 15.5 Å². The SMILES string of the molecule is CN1CCC(N2CCc3cc(N)ccc32)C1=O. The first-order valence-corrected chi connectivity index (χ1v) is 6.07. The van der Waals surface area contributed by atoms with Gasteiger partial charge in [-0.15, -0.1) is 0 Å². The summed E-state index contributed by atoms with van der Waals surface area (Å²) in [6, 6.07) is 6.02. The zero-order chi connectivity index (χ0) is 12.0. The van der Waals surface area contributed by atoms with Crippen molar-refractivity contribution in [2.75, 3.05) is 30.8 Å². The number of nitrogen functional groups attached to an aromatic ring is 1. The lowest BCUT2D eigenvalue weighted by molar-refractivity contribution is -0.127. The van der Waals surface area contributed by atoms with Gasteiger partial charge in [-0.1, -0.05) is 0 Å². The number of likely N-dealkylation sites (N-methyl/N-ethyl adjacent to an activating group) is 1. The van der Waals surface area contributed by atoms with Crippen LogP contribution in [0.3, 0.4) is 0 Å². The maximum Gasteiger partial charge on any atom is 0.245 e. The molecule has 0 aliphatic carbocycles. The van der Waals surface area contributed by atoms with Gasteiger partial charge in [-0.25, -0.2) is 0 Å². The van der Waals surface area contributed by atoms with Gasteiger partial charge in [0.25, 0.3) is 0 Å². The van der Waals surface area contributed by atoms with E-state index in [9.17, 15) is 4.79 Å². The van der Waals surface area contributed by atoms with Crippen LogP contribution in [-0.2, 0) is 11.2 Å². The third kappa shape index (κ3) is 1.55. The van der Waals surface area contributed by atoms with Crippen molar-refractivity contribution in [1.82, 2.24) is 4.90 Å². The highest BCUT2D eigenvalue weighted by Crippen LogP contribution is 2.33. The molecule has 4 heteroatoms. The molecule has 3 rings (SSSR count). The second-order valence-corrected chi connectivity index (χ2v) is 4.90. The zero-order valence-electron chi connectivity index (χ0n) is 10.0. The van der Waals surface area contributed by atoms with Gasteiger partial charge in [0.1, 0.15) is 6.04 Å². The normalized spacial score (nSPS) is 23.4. The molecule has 1 amide bonds. The van der Waals surface area contributed by atoms with Crippen molar-refractivity contribution < 1.29 is 4.79 Å². The predicted molar refractivity (Wildman–Crippen MR) is 67.9 cm³/mol. The number of nitrogens with zero attached hydrogens (tertiary/aromatic N) is 2. The second kappa shape index (κ2) is 3.65. The maximum atomic E-state index is 12.0. The lowest BCUT2D eigenvalue weighted by atomic mass is 10.1. The molecule has 90 valence electrons. The quantitative estimate of drug-likeness (QED) is 0.729. The van der Waals surface area contributed by atoms with Crippen molar-refractivity contribution in [1.29, 1.82) is 0 Å². The molecule has 1 unspecified atom stereocenters. The third-order valence-electron chi connectivity index (χ3n) is 3.81. The Morgan fingerprint density at radius 2 is 2.18 bits per heavy atom. The van der Waals surface area contributed by atoms with Gasteiger partial charge in [0.15, 0.2) is 0 Å². The Morgan fingerprint density at radius 1 is 1.35 bits per heavy atom. The average Bonchev–Trinajstić information content (AvgIpc) is 2.84. The first-order chi connectivity index (χ1) is 8.16. The molecule has 4 nitrogen and oxygen atoms in total. The van der Waals surface area contributed by atoms with Crippen LogP contribution in [0.4, 0.5) is 11.4 Å². The largest absolute Gasteiger partial charge is 0.399 e. The topological polar surface area (TPSA) is 49.6 Å². The van der Waals surface area contributed by atoms with Crippen molar-refractivity contribution in [2.24, 2.45) is 0 Å². The molecular formula is C13H17N3O. The summed E-state index contributed by atoms with van der Waals surface area (Å²) in [6.45, 7) is 1.80. The Morgan fingerprint density at radius 3 is 2.88 bits per heavy atom. The van der Waals surface area contributed by atoms with Gasteiger partial charge >= 0.3 is 0 Å². The average molecular weight is 231 g/mol. The van der Waals surface area contributed by atoms with Gasteiger partial charge in [-0.3, -0.25) is 4.79 Å². The number of benzene rings is 1. The van der Waals surface area contributed by atoms with E-state index in [1.165, 1.54) is 11.3 Å². The zero-order valence-corrected chi connectivity index (χ0v) is 10.0. The number of rotatable bonds is 1. The van der Waals surface area contributed by atoms with Crippen LogP contribution >= 0.6 is 0 Å². The van der Waals surface area contributed by atoms with E-state index in [-0.39, 0.29) is 11.9 Å². The van der Waals surface area contributed by atoms with Crippen LogP contribution in [0, 0.1) is 0 Å². The number of carbonyl (C=O) groups excluding carboxylic acids is 1. The maximum absolute atomic E-state index is 12.0. The molecule has 2 aliphatic heterocycles. The Hall–Kier alpha value is -1.71. The molecule has 2 N–H and O–H groups in total. The third-order valence-corrected chi connectivity index (χ3v) is 3.81. The van der Waals surface area contributed by atoms with Gasteiger partial charge in [0, 0.05) is 31.5 Å². The molecule has 1 atom stereocenters. The molecule has 1 aromatic carbocycles. The molecular weight excluding hydrogens is 214 g/mol. The molecule has 2 heterocycles. The summed E-state index contributed by atoms with van der Waals surface area (Å²) in [7, 11) is 1.88. The van der Waals surface area contributed by atoms with Gasteiger partial charge in [0.05, 0.1) is 0 Å². The molecule has 0 aromatic heterocycles. The Bertz CT molecular complexity index is 472. The number of likely N-dealkylation sites (tertiary alicyclic amines) is 1. The summed E-state index contributed by atoms with van der Waals surface area (Å²) in [5.41, 5.74) is 9.05. The highest BCUT2D eigenvalue weighted by molar-refractivity contribution is 5.88. The van der Waals surface area contributed by atoms with E-state index in [0.717, 1.165) is 31.6 Å². The minimum absolute atomic E-state index is 0.0323. The van der Waals surface area contributed by atoms with Crippen LogP contribution in [-0.4, -0.2) is 37.0 Å². The van der Waals surface area contributed by atoms with E-state index >= 15 is 0 Å². The number of hydrogen-bond donors (Lipinski definition) is 1. The van der Waals surface area contributed by atoms with Crippen LogP contribution < -0.4 is 10.6 Å². The Balaban J connectivity index is 1.91. The van der Waals surface area contributed by atoms with Crippen molar-refractivity contribution in [3.05, 3.63) is 23.8 Å². The number of nitrogens with two attached hydrogens (primary N) is 1. The molecule has 0 bridgehead atoms. The minimum atomic E-state index is 0.0323. The second-order valence-electron chi connectivity index (χ2n) is 4.90. The molecule has 1 saturated heterocycles. The van der Waals surface area contributed by atoms with Crippen molar-refractivity contribution in [3.8, 4) is 0 Å². The Labute approximate surface area is 101 Å². The lowest BCUT2D eigenvalue weighted by Gasteiger charge is -2.25. The van der Waals surface area contributed by atoms with Crippen LogP contribution in [0.1, 0.15) is 12.0 Å². The van der Waals surface area contributed by atoms with Gasteiger partial charge in [-0.2, -0.15) is 0 Å². The monoisotopic (exact) mass is 231 g/mol. The molecule has 17 heavy (non-hydrogen) atoms. The summed E-state index contributed by atoms with van der Waals surface area (Å²) in [5, 5.41) is 0. The summed E-state index contributed by atoms with van der Waals surface area (Å²) in [4.78, 5) is 16.1.